The first-order valence-corrected chi connectivity index (χ1v) is 6.21. The van der Waals surface area contributed by atoms with E-state index in [0.29, 0.717) is 12.2 Å². The van der Waals surface area contributed by atoms with Gasteiger partial charge < -0.3 is 5.32 Å². The van der Waals surface area contributed by atoms with Crippen LogP contribution in [0.2, 0.25) is 0 Å². The zero-order valence-electron chi connectivity index (χ0n) is 7.26. The van der Waals surface area contributed by atoms with Gasteiger partial charge in [-0.05, 0) is 39.9 Å². The van der Waals surface area contributed by atoms with Crippen LogP contribution in [0.3, 0.4) is 0 Å². The lowest BCUT2D eigenvalue weighted by molar-refractivity contribution is -0.115. The molecule has 0 aliphatic rings. The van der Waals surface area contributed by atoms with Gasteiger partial charge in [-0.15, -0.1) is 0 Å². The van der Waals surface area contributed by atoms with Crippen molar-refractivity contribution in [2.75, 3.05) is 11.1 Å². The number of benzene rings is 1. The number of nitrogens with one attached hydrogen (secondary N) is 1. The maximum absolute atomic E-state index is 11.3. The van der Waals surface area contributed by atoms with E-state index in [-0.39, 0.29) is 5.91 Å². The molecule has 0 fully saturated rings. The molecule has 0 saturated heterocycles. The van der Waals surface area contributed by atoms with Crippen LogP contribution in [0.5, 0.6) is 0 Å². The number of hydrogen-bond donors (Lipinski definition) is 2. The Hall–Kier alpha value is -0.000000000000000111. The minimum absolute atomic E-state index is 0.0289. The van der Waals surface area contributed by atoms with E-state index >= 15 is 0 Å². The number of thiol groups is 1. The van der Waals surface area contributed by atoms with Crippen molar-refractivity contribution in [2.45, 2.75) is 6.42 Å². The Morgan fingerprint density at radius 3 is 2.79 bits per heavy atom. The Bertz CT molecular complexity index is 344. The lowest BCUT2D eigenvalue weighted by Gasteiger charge is -2.06. The molecule has 0 atom stereocenters. The van der Waals surface area contributed by atoms with Crippen molar-refractivity contribution >= 4 is 56.1 Å². The molecule has 76 valence electrons. The predicted molar refractivity (Wildman–Crippen MR) is 68.9 cm³/mol. The molecule has 0 saturated carbocycles. The maximum atomic E-state index is 11.3. The van der Waals surface area contributed by atoms with Gasteiger partial charge in [-0.2, -0.15) is 12.6 Å². The summed E-state index contributed by atoms with van der Waals surface area (Å²) >= 11 is 10.7. The van der Waals surface area contributed by atoms with E-state index in [1.54, 1.807) is 0 Å². The molecule has 1 aromatic carbocycles. The second kappa shape index (κ2) is 5.78. The quantitative estimate of drug-likeness (QED) is 0.812. The number of hydrogen-bond acceptors (Lipinski definition) is 2. The van der Waals surface area contributed by atoms with Gasteiger partial charge in [0.15, 0.2) is 0 Å². The fourth-order valence-corrected chi connectivity index (χ4v) is 1.82. The third-order valence-corrected chi connectivity index (χ3v) is 2.95. The topological polar surface area (TPSA) is 29.1 Å². The van der Waals surface area contributed by atoms with E-state index in [1.165, 1.54) is 0 Å². The zero-order valence-corrected chi connectivity index (χ0v) is 11.3. The van der Waals surface area contributed by atoms with Crippen molar-refractivity contribution < 1.29 is 4.79 Å². The van der Waals surface area contributed by atoms with Crippen LogP contribution in [-0.4, -0.2) is 11.7 Å². The van der Waals surface area contributed by atoms with Gasteiger partial charge in [0, 0.05) is 15.4 Å². The SMILES string of the molecule is O=C(CCS)Nc1cc(Br)ccc1Br. The van der Waals surface area contributed by atoms with E-state index in [4.69, 9.17) is 0 Å². The van der Waals surface area contributed by atoms with E-state index in [2.05, 4.69) is 49.8 Å². The van der Waals surface area contributed by atoms with Gasteiger partial charge in [0.1, 0.15) is 0 Å². The van der Waals surface area contributed by atoms with Crippen LogP contribution < -0.4 is 5.32 Å². The minimum atomic E-state index is -0.0289. The van der Waals surface area contributed by atoms with Crippen LogP contribution in [0.15, 0.2) is 27.1 Å². The van der Waals surface area contributed by atoms with Crippen molar-refractivity contribution in [3.8, 4) is 0 Å². The van der Waals surface area contributed by atoms with Gasteiger partial charge in [-0.1, -0.05) is 15.9 Å². The first kappa shape index (κ1) is 12.1. The molecule has 1 N–H and O–H groups in total. The lowest BCUT2D eigenvalue weighted by atomic mass is 10.3. The molecule has 0 spiro atoms. The number of amides is 1. The van der Waals surface area contributed by atoms with Crippen LogP contribution in [0.4, 0.5) is 5.69 Å². The monoisotopic (exact) mass is 337 g/mol. The Morgan fingerprint density at radius 2 is 2.14 bits per heavy atom. The average Bonchev–Trinajstić information content (AvgIpc) is 2.12. The average molecular weight is 339 g/mol. The highest BCUT2D eigenvalue weighted by molar-refractivity contribution is 9.11. The van der Waals surface area contributed by atoms with Crippen LogP contribution in [0.25, 0.3) is 0 Å². The van der Waals surface area contributed by atoms with E-state index in [1.807, 2.05) is 18.2 Å². The fraction of sp³-hybridized carbons (Fsp3) is 0.222. The molecule has 1 amide bonds. The van der Waals surface area contributed by atoms with Crippen molar-refractivity contribution in [1.82, 2.24) is 0 Å². The third-order valence-electron chi connectivity index (χ3n) is 1.54. The molecule has 5 heteroatoms. The molecule has 2 nitrogen and oxygen atoms in total. The fourth-order valence-electron chi connectivity index (χ4n) is 0.908. The Labute approximate surface area is 105 Å². The van der Waals surface area contributed by atoms with Gasteiger partial charge in [-0.3, -0.25) is 4.79 Å². The highest BCUT2D eigenvalue weighted by Crippen LogP contribution is 2.26. The molecule has 0 aliphatic carbocycles. The van der Waals surface area contributed by atoms with E-state index in [0.717, 1.165) is 14.6 Å². The molecular formula is C9H9Br2NOS. The number of carbonyl (C=O) groups excluding carboxylic acids is 1. The normalized spacial score (nSPS) is 9.93. The summed E-state index contributed by atoms with van der Waals surface area (Å²) in [6.45, 7) is 0. The van der Waals surface area contributed by atoms with Crippen LogP contribution in [0.1, 0.15) is 6.42 Å². The van der Waals surface area contributed by atoms with Crippen molar-refractivity contribution in [3.05, 3.63) is 27.1 Å². The summed E-state index contributed by atoms with van der Waals surface area (Å²) in [5.74, 6) is 0.524. The van der Waals surface area contributed by atoms with E-state index < -0.39 is 0 Å². The second-order valence-corrected chi connectivity index (χ2v) is 4.86. The summed E-state index contributed by atoms with van der Waals surface area (Å²) in [5.41, 5.74) is 0.770. The molecule has 0 bridgehead atoms. The third kappa shape index (κ3) is 3.63. The van der Waals surface area contributed by atoms with Gasteiger partial charge in [0.2, 0.25) is 5.91 Å². The molecule has 0 radical (unpaired) electrons. The van der Waals surface area contributed by atoms with Crippen molar-refractivity contribution in [2.24, 2.45) is 0 Å². The molecule has 0 aliphatic heterocycles. The predicted octanol–water partition coefficient (Wildman–Crippen LogP) is 3.47. The van der Waals surface area contributed by atoms with Gasteiger partial charge in [0.05, 0.1) is 5.69 Å². The van der Waals surface area contributed by atoms with Crippen LogP contribution in [-0.2, 0) is 4.79 Å². The summed E-state index contributed by atoms with van der Waals surface area (Å²) in [6.07, 6.45) is 0.419. The molecular weight excluding hydrogens is 330 g/mol. The second-order valence-electron chi connectivity index (χ2n) is 2.65. The Kier molecular flexibility index (Phi) is 4.98. The maximum Gasteiger partial charge on any atom is 0.225 e. The first-order chi connectivity index (χ1) is 6.63. The summed E-state index contributed by atoms with van der Waals surface area (Å²) < 4.78 is 1.80. The standard InChI is InChI=1S/C9H9Br2NOS/c10-6-1-2-7(11)8(5-6)12-9(13)3-4-14/h1-2,5,14H,3-4H2,(H,12,13). The highest BCUT2D eigenvalue weighted by Gasteiger charge is 2.04. The number of rotatable bonds is 3. The molecule has 1 rings (SSSR count). The molecule has 0 aromatic heterocycles. The molecule has 0 heterocycles. The summed E-state index contributed by atoms with van der Waals surface area (Å²) in [7, 11) is 0. The lowest BCUT2D eigenvalue weighted by Crippen LogP contribution is -2.12. The number of anilines is 1. The van der Waals surface area contributed by atoms with Crippen molar-refractivity contribution in [3.63, 3.8) is 0 Å². The Balaban J connectivity index is 2.75. The van der Waals surface area contributed by atoms with Crippen molar-refractivity contribution in [1.29, 1.82) is 0 Å². The molecule has 0 unspecified atom stereocenters. The summed E-state index contributed by atoms with van der Waals surface area (Å²) in [5, 5.41) is 2.79. The largest absolute Gasteiger partial charge is 0.325 e. The van der Waals surface area contributed by atoms with Gasteiger partial charge in [0.25, 0.3) is 0 Å². The first-order valence-electron chi connectivity index (χ1n) is 3.99. The van der Waals surface area contributed by atoms with Gasteiger partial charge in [-0.25, -0.2) is 0 Å². The minimum Gasteiger partial charge on any atom is -0.325 e. The zero-order chi connectivity index (χ0) is 10.6. The highest BCUT2D eigenvalue weighted by atomic mass is 79.9. The molecule has 1 aromatic rings. The smallest absolute Gasteiger partial charge is 0.225 e. The van der Waals surface area contributed by atoms with Crippen LogP contribution in [0, 0.1) is 0 Å². The molecule has 14 heavy (non-hydrogen) atoms. The Morgan fingerprint density at radius 1 is 1.43 bits per heavy atom. The summed E-state index contributed by atoms with van der Waals surface area (Å²) in [6, 6.07) is 5.62. The number of halogens is 2. The van der Waals surface area contributed by atoms with E-state index in [9.17, 15) is 4.79 Å². The van der Waals surface area contributed by atoms with Gasteiger partial charge >= 0.3 is 0 Å². The number of carbonyl (C=O) groups is 1. The summed E-state index contributed by atoms with van der Waals surface area (Å²) in [4.78, 5) is 11.3. The van der Waals surface area contributed by atoms with Crippen LogP contribution >= 0.6 is 44.5 Å².